The van der Waals surface area contributed by atoms with E-state index < -0.39 is 18.4 Å². The standard InChI is InChI=1S/C13H15NO5/c1-18-12(15)8-11(13(16)19-2)14(17)9-10-6-4-3-5-7-10/h3-7H,8-9H2,1-2H3/b14-11-. The Labute approximate surface area is 110 Å². The van der Waals surface area contributed by atoms with Crippen molar-refractivity contribution in [1.29, 1.82) is 0 Å². The van der Waals surface area contributed by atoms with Crippen LogP contribution >= 0.6 is 0 Å². The van der Waals surface area contributed by atoms with Crippen LogP contribution in [0.25, 0.3) is 0 Å². The van der Waals surface area contributed by atoms with E-state index in [-0.39, 0.29) is 12.3 Å². The quantitative estimate of drug-likeness (QED) is 0.259. The fourth-order valence-electron chi connectivity index (χ4n) is 1.43. The van der Waals surface area contributed by atoms with Gasteiger partial charge >= 0.3 is 11.9 Å². The number of ether oxygens (including phenoxy) is 2. The molecule has 19 heavy (non-hydrogen) atoms. The van der Waals surface area contributed by atoms with E-state index in [4.69, 9.17) is 0 Å². The molecule has 0 fully saturated rings. The Kier molecular flexibility index (Phi) is 5.53. The highest BCUT2D eigenvalue weighted by Gasteiger charge is 2.25. The summed E-state index contributed by atoms with van der Waals surface area (Å²) in [6, 6.07) is 8.87. The third-order valence-electron chi connectivity index (χ3n) is 2.43. The largest absolute Gasteiger partial charge is 0.623 e. The molecule has 0 saturated carbocycles. The lowest BCUT2D eigenvalue weighted by atomic mass is 10.2. The molecule has 0 radical (unpaired) electrons. The van der Waals surface area contributed by atoms with Crippen molar-refractivity contribution in [3.63, 3.8) is 0 Å². The number of hydroxylamine groups is 1. The molecular weight excluding hydrogens is 250 g/mol. The number of carbonyl (C=O) groups is 2. The van der Waals surface area contributed by atoms with Gasteiger partial charge in [-0.05, 0) is 0 Å². The van der Waals surface area contributed by atoms with E-state index in [0.29, 0.717) is 4.74 Å². The Morgan fingerprint density at radius 3 is 2.32 bits per heavy atom. The second-order valence-corrected chi connectivity index (χ2v) is 3.71. The van der Waals surface area contributed by atoms with Gasteiger partial charge in [-0.1, -0.05) is 30.3 Å². The normalized spacial score (nSPS) is 11.5. The van der Waals surface area contributed by atoms with E-state index in [0.717, 1.165) is 12.7 Å². The molecule has 1 aromatic carbocycles. The summed E-state index contributed by atoms with van der Waals surface area (Å²) in [6.45, 7) is -0.0394. The van der Waals surface area contributed by atoms with Crippen LogP contribution in [0.1, 0.15) is 12.0 Å². The van der Waals surface area contributed by atoms with Gasteiger partial charge in [0, 0.05) is 5.56 Å². The Bertz CT molecular complexity index is 481. The molecule has 6 nitrogen and oxygen atoms in total. The van der Waals surface area contributed by atoms with Crippen molar-refractivity contribution in [2.24, 2.45) is 0 Å². The molecule has 0 aromatic heterocycles. The van der Waals surface area contributed by atoms with Gasteiger partial charge in [-0.3, -0.25) is 4.79 Å². The van der Waals surface area contributed by atoms with Gasteiger partial charge in [-0.15, -0.1) is 0 Å². The number of nitrogens with zero attached hydrogens (tertiary/aromatic N) is 1. The van der Waals surface area contributed by atoms with E-state index >= 15 is 0 Å². The molecular formula is C13H15NO5. The Morgan fingerprint density at radius 1 is 1.16 bits per heavy atom. The molecule has 0 aliphatic rings. The van der Waals surface area contributed by atoms with Gasteiger partial charge < -0.3 is 14.7 Å². The summed E-state index contributed by atoms with van der Waals surface area (Å²) in [5.41, 5.74) is 0.446. The van der Waals surface area contributed by atoms with Crippen LogP contribution in [-0.4, -0.2) is 36.6 Å². The highest BCUT2D eigenvalue weighted by Crippen LogP contribution is 2.02. The summed E-state index contributed by atoms with van der Waals surface area (Å²) in [5, 5.41) is 11.9. The zero-order chi connectivity index (χ0) is 14.3. The average Bonchev–Trinajstić information content (AvgIpc) is 2.44. The van der Waals surface area contributed by atoms with Gasteiger partial charge in [-0.2, -0.15) is 4.74 Å². The highest BCUT2D eigenvalue weighted by molar-refractivity contribution is 6.37. The van der Waals surface area contributed by atoms with Gasteiger partial charge in [0.2, 0.25) is 0 Å². The average molecular weight is 265 g/mol. The van der Waals surface area contributed by atoms with E-state index in [1.807, 2.05) is 6.07 Å². The summed E-state index contributed by atoms with van der Waals surface area (Å²) in [6.07, 6.45) is -0.417. The van der Waals surface area contributed by atoms with Crippen molar-refractivity contribution in [3.05, 3.63) is 41.1 Å². The number of carbonyl (C=O) groups excluding carboxylic acids is 2. The molecule has 1 rings (SSSR count). The first kappa shape index (κ1) is 14.7. The minimum absolute atomic E-state index is 0.0394. The molecule has 0 unspecified atom stereocenters. The van der Waals surface area contributed by atoms with Crippen molar-refractivity contribution in [2.75, 3.05) is 14.2 Å². The van der Waals surface area contributed by atoms with E-state index in [9.17, 15) is 14.8 Å². The summed E-state index contributed by atoms with van der Waals surface area (Å²) < 4.78 is 9.38. The SMILES string of the molecule is COC(=O)C/C(C(=O)OC)=[N+](/[O-])Cc1ccccc1. The van der Waals surface area contributed by atoms with E-state index in [2.05, 4.69) is 9.47 Å². The summed E-state index contributed by atoms with van der Waals surface area (Å²) in [7, 11) is 2.33. The monoisotopic (exact) mass is 265 g/mol. The Hall–Kier alpha value is -2.37. The minimum atomic E-state index is -0.837. The fourth-order valence-corrected chi connectivity index (χ4v) is 1.43. The van der Waals surface area contributed by atoms with Crippen LogP contribution in [0.3, 0.4) is 0 Å². The topological polar surface area (TPSA) is 78.7 Å². The summed E-state index contributed by atoms with van der Waals surface area (Å²) in [5.74, 6) is -1.51. The maximum absolute atomic E-state index is 11.9. The van der Waals surface area contributed by atoms with Crippen LogP contribution in [0.4, 0.5) is 0 Å². The number of esters is 2. The third kappa shape index (κ3) is 4.42. The number of rotatable bonds is 5. The Morgan fingerprint density at radius 2 is 1.79 bits per heavy atom. The number of hydrogen-bond donors (Lipinski definition) is 0. The first-order chi connectivity index (χ1) is 9.08. The van der Waals surface area contributed by atoms with Gasteiger partial charge in [0.05, 0.1) is 14.2 Å². The lowest BCUT2D eigenvalue weighted by Crippen LogP contribution is -2.28. The van der Waals surface area contributed by atoms with E-state index in [1.165, 1.54) is 7.11 Å². The zero-order valence-electron chi connectivity index (χ0n) is 10.8. The fraction of sp³-hybridized carbons (Fsp3) is 0.308. The molecule has 0 aliphatic carbocycles. The molecule has 0 bridgehead atoms. The lowest BCUT2D eigenvalue weighted by Gasteiger charge is -2.09. The second-order valence-electron chi connectivity index (χ2n) is 3.71. The van der Waals surface area contributed by atoms with Gasteiger partial charge in [0.1, 0.15) is 6.42 Å². The zero-order valence-corrected chi connectivity index (χ0v) is 10.8. The Balaban J connectivity index is 2.95. The van der Waals surface area contributed by atoms with Gasteiger partial charge in [0.15, 0.2) is 6.54 Å². The third-order valence-corrected chi connectivity index (χ3v) is 2.43. The van der Waals surface area contributed by atoms with E-state index in [1.54, 1.807) is 24.3 Å². The van der Waals surface area contributed by atoms with Crippen molar-refractivity contribution >= 4 is 17.7 Å². The molecule has 6 heteroatoms. The van der Waals surface area contributed by atoms with Crippen LogP contribution in [0.5, 0.6) is 0 Å². The molecule has 1 aromatic rings. The molecule has 0 aliphatic heterocycles. The molecule has 0 N–H and O–H groups in total. The molecule has 0 atom stereocenters. The molecule has 0 amide bonds. The maximum atomic E-state index is 11.9. The number of methoxy groups -OCH3 is 2. The molecule has 102 valence electrons. The smallest absolute Gasteiger partial charge is 0.400 e. The molecule has 0 heterocycles. The van der Waals surface area contributed by atoms with Crippen LogP contribution < -0.4 is 0 Å². The van der Waals surface area contributed by atoms with Crippen LogP contribution in [-0.2, 0) is 25.6 Å². The van der Waals surface area contributed by atoms with Gasteiger partial charge in [-0.25, -0.2) is 4.79 Å². The number of benzene rings is 1. The minimum Gasteiger partial charge on any atom is -0.623 e. The highest BCUT2D eigenvalue weighted by atomic mass is 16.5. The molecule has 0 saturated heterocycles. The lowest BCUT2D eigenvalue weighted by molar-refractivity contribution is -0.475. The molecule has 0 spiro atoms. The van der Waals surface area contributed by atoms with Crippen molar-refractivity contribution < 1.29 is 23.8 Å². The van der Waals surface area contributed by atoms with Crippen LogP contribution in [0, 0.1) is 5.21 Å². The van der Waals surface area contributed by atoms with Crippen LogP contribution in [0.2, 0.25) is 0 Å². The van der Waals surface area contributed by atoms with Crippen molar-refractivity contribution in [2.45, 2.75) is 13.0 Å². The second kappa shape index (κ2) is 7.15. The number of hydrogen-bond acceptors (Lipinski definition) is 5. The van der Waals surface area contributed by atoms with Crippen molar-refractivity contribution in [1.82, 2.24) is 0 Å². The summed E-state index contributed by atoms with van der Waals surface area (Å²) in [4.78, 5) is 22.7. The first-order valence-corrected chi connectivity index (χ1v) is 5.58. The van der Waals surface area contributed by atoms with Crippen LogP contribution in [0.15, 0.2) is 30.3 Å². The van der Waals surface area contributed by atoms with Crippen molar-refractivity contribution in [3.8, 4) is 0 Å². The van der Waals surface area contributed by atoms with Gasteiger partial charge in [0.25, 0.3) is 5.71 Å². The maximum Gasteiger partial charge on any atom is 0.400 e. The first-order valence-electron chi connectivity index (χ1n) is 5.58. The predicted octanol–water partition coefficient (Wildman–Crippen LogP) is 0.874. The predicted molar refractivity (Wildman–Crippen MR) is 67.4 cm³/mol. The summed E-state index contributed by atoms with van der Waals surface area (Å²) >= 11 is 0.